The van der Waals surface area contributed by atoms with Gasteiger partial charge in [-0.25, -0.2) is 0 Å². The van der Waals surface area contributed by atoms with Crippen LogP contribution >= 0.6 is 0 Å². The molecule has 20 heavy (non-hydrogen) atoms. The van der Waals surface area contributed by atoms with Crippen molar-refractivity contribution in [3.8, 4) is 0 Å². The van der Waals surface area contributed by atoms with E-state index in [0.29, 0.717) is 13.1 Å². The van der Waals surface area contributed by atoms with E-state index in [-0.39, 0.29) is 25.2 Å². The number of rotatable bonds is 5. The normalized spacial score (nSPS) is 31.1. The highest BCUT2D eigenvalue weighted by Crippen LogP contribution is 2.26. The highest BCUT2D eigenvalue weighted by atomic mass is 19.4. The van der Waals surface area contributed by atoms with Gasteiger partial charge in [-0.3, -0.25) is 9.80 Å². The maximum absolute atomic E-state index is 12.4. The molecule has 0 aromatic carbocycles. The third-order valence-corrected chi connectivity index (χ3v) is 4.44. The molecule has 7 heteroatoms. The summed E-state index contributed by atoms with van der Waals surface area (Å²) in [5.41, 5.74) is 0. The number of likely N-dealkylation sites (tertiary alicyclic amines) is 2. The first-order chi connectivity index (χ1) is 9.41. The number of nitrogens with zero attached hydrogens (tertiary/aromatic N) is 2. The van der Waals surface area contributed by atoms with Crippen molar-refractivity contribution in [2.45, 2.75) is 50.0 Å². The van der Waals surface area contributed by atoms with Gasteiger partial charge in [0.05, 0.1) is 6.61 Å². The summed E-state index contributed by atoms with van der Waals surface area (Å²) in [4.78, 5) is 3.91. The lowest BCUT2D eigenvalue weighted by molar-refractivity contribution is -0.208. The van der Waals surface area contributed by atoms with Gasteiger partial charge >= 0.3 is 6.18 Å². The van der Waals surface area contributed by atoms with E-state index in [1.807, 2.05) is 0 Å². The van der Waals surface area contributed by atoms with Gasteiger partial charge < -0.3 is 10.2 Å². The summed E-state index contributed by atoms with van der Waals surface area (Å²) in [6.45, 7) is 1.96. The first-order valence-electron chi connectivity index (χ1n) is 7.25. The van der Waals surface area contributed by atoms with E-state index in [1.165, 1.54) is 0 Å². The molecule has 0 saturated carbocycles. The Morgan fingerprint density at radius 2 is 1.65 bits per heavy atom. The molecule has 2 aliphatic rings. The third kappa shape index (κ3) is 3.84. The maximum Gasteiger partial charge on any atom is 0.415 e. The van der Waals surface area contributed by atoms with Gasteiger partial charge in [-0.05, 0) is 38.8 Å². The lowest BCUT2D eigenvalue weighted by atomic mass is 10.1. The Morgan fingerprint density at radius 3 is 2.25 bits per heavy atom. The first kappa shape index (κ1) is 16.0. The van der Waals surface area contributed by atoms with Gasteiger partial charge in [0.25, 0.3) is 0 Å². The monoisotopic (exact) mass is 296 g/mol. The molecule has 2 saturated heterocycles. The third-order valence-electron chi connectivity index (χ3n) is 4.44. The first-order valence-corrected chi connectivity index (χ1v) is 7.25. The van der Waals surface area contributed by atoms with Crippen molar-refractivity contribution in [2.75, 3.05) is 32.8 Å². The van der Waals surface area contributed by atoms with Gasteiger partial charge in [0.15, 0.2) is 6.10 Å². The Balaban J connectivity index is 1.87. The van der Waals surface area contributed by atoms with Gasteiger partial charge in [0.2, 0.25) is 0 Å². The van der Waals surface area contributed by atoms with Gasteiger partial charge in [0, 0.05) is 25.2 Å². The quantitative estimate of drug-likeness (QED) is 0.789. The number of β-amino-alcohol motifs (C(OH)–C–C–N with tert-alkyl or cyclic N) is 1. The summed E-state index contributed by atoms with van der Waals surface area (Å²) >= 11 is 0. The fourth-order valence-corrected chi connectivity index (χ4v) is 3.28. The predicted molar refractivity (Wildman–Crippen MR) is 68.3 cm³/mol. The second-order valence-corrected chi connectivity index (χ2v) is 5.82. The van der Waals surface area contributed by atoms with Crippen LogP contribution in [0.1, 0.15) is 25.7 Å². The van der Waals surface area contributed by atoms with Crippen molar-refractivity contribution in [3.63, 3.8) is 0 Å². The SMILES string of the molecule is OC[C@@H]1CCCN1C[C@@H]1CCCN1C[C@H](O)C(F)(F)F. The molecule has 0 aromatic heterocycles. The van der Waals surface area contributed by atoms with Gasteiger partial charge in [0.1, 0.15) is 0 Å². The van der Waals surface area contributed by atoms with Crippen LogP contribution in [-0.2, 0) is 0 Å². The van der Waals surface area contributed by atoms with Gasteiger partial charge in [-0.15, -0.1) is 0 Å². The van der Waals surface area contributed by atoms with Crippen molar-refractivity contribution in [1.82, 2.24) is 9.80 Å². The fraction of sp³-hybridized carbons (Fsp3) is 1.00. The van der Waals surface area contributed by atoms with Crippen LogP contribution in [0.4, 0.5) is 13.2 Å². The molecule has 0 bridgehead atoms. The van der Waals surface area contributed by atoms with Crippen molar-refractivity contribution >= 4 is 0 Å². The van der Waals surface area contributed by atoms with E-state index in [2.05, 4.69) is 4.90 Å². The van der Waals surface area contributed by atoms with E-state index >= 15 is 0 Å². The second-order valence-electron chi connectivity index (χ2n) is 5.82. The molecule has 0 spiro atoms. The van der Waals surface area contributed by atoms with Gasteiger partial charge in [-0.1, -0.05) is 0 Å². The van der Waals surface area contributed by atoms with Crippen molar-refractivity contribution in [1.29, 1.82) is 0 Å². The number of aliphatic hydroxyl groups excluding tert-OH is 2. The van der Waals surface area contributed by atoms with Gasteiger partial charge in [-0.2, -0.15) is 13.2 Å². The zero-order valence-electron chi connectivity index (χ0n) is 11.5. The Bertz CT molecular complexity index is 314. The molecule has 2 heterocycles. The average molecular weight is 296 g/mol. The number of halogens is 3. The maximum atomic E-state index is 12.4. The van der Waals surface area contributed by atoms with Crippen LogP contribution < -0.4 is 0 Å². The number of aliphatic hydroxyl groups is 2. The molecular formula is C13H23F3N2O2. The minimum Gasteiger partial charge on any atom is -0.395 e. The molecule has 0 radical (unpaired) electrons. The van der Waals surface area contributed by atoms with Crippen LogP contribution in [0.25, 0.3) is 0 Å². The molecule has 0 amide bonds. The van der Waals surface area contributed by atoms with Crippen LogP contribution in [-0.4, -0.2) is 77.2 Å². The van der Waals surface area contributed by atoms with Crippen LogP contribution in [0.5, 0.6) is 0 Å². The summed E-state index contributed by atoms with van der Waals surface area (Å²) in [6, 6.07) is 0.198. The zero-order valence-corrected chi connectivity index (χ0v) is 11.5. The Labute approximate surface area is 117 Å². The minimum atomic E-state index is -4.55. The van der Waals surface area contributed by atoms with Crippen LogP contribution in [0.15, 0.2) is 0 Å². The number of hydrogen-bond acceptors (Lipinski definition) is 4. The Hall–Kier alpha value is -0.370. The number of alkyl halides is 3. The highest BCUT2D eigenvalue weighted by Gasteiger charge is 2.41. The predicted octanol–water partition coefficient (Wildman–Crippen LogP) is 0.831. The van der Waals surface area contributed by atoms with E-state index in [9.17, 15) is 23.4 Å². The molecule has 2 rings (SSSR count). The molecule has 0 unspecified atom stereocenters. The fourth-order valence-electron chi connectivity index (χ4n) is 3.28. The van der Waals surface area contributed by atoms with Crippen molar-refractivity contribution < 1.29 is 23.4 Å². The molecule has 4 nitrogen and oxygen atoms in total. The summed E-state index contributed by atoms with van der Waals surface area (Å²) in [6.07, 6.45) is -3.10. The lowest BCUT2D eigenvalue weighted by Crippen LogP contribution is -2.48. The molecule has 2 N–H and O–H groups in total. The standard InChI is InChI=1S/C13H23F3N2O2/c14-13(15,16)12(20)8-18-6-1-3-10(18)7-17-5-2-4-11(17)9-19/h10-12,19-20H,1-9H2/t10-,11-,12-/m0/s1. The van der Waals surface area contributed by atoms with E-state index in [0.717, 1.165) is 32.2 Å². The zero-order chi connectivity index (χ0) is 14.8. The topological polar surface area (TPSA) is 46.9 Å². The summed E-state index contributed by atoms with van der Waals surface area (Å²) in [5, 5.41) is 18.5. The molecule has 0 aliphatic carbocycles. The molecule has 3 atom stereocenters. The highest BCUT2D eigenvalue weighted by molar-refractivity contribution is 4.88. The van der Waals surface area contributed by atoms with E-state index < -0.39 is 12.3 Å². The molecule has 118 valence electrons. The summed E-state index contributed by atoms with van der Waals surface area (Å²) in [7, 11) is 0. The second kappa shape index (κ2) is 6.60. The van der Waals surface area contributed by atoms with Crippen LogP contribution in [0.2, 0.25) is 0 Å². The summed E-state index contributed by atoms with van der Waals surface area (Å²) in [5.74, 6) is 0. The van der Waals surface area contributed by atoms with Crippen molar-refractivity contribution in [3.05, 3.63) is 0 Å². The van der Waals surface area contributed by atoms with Crippen LogP contribution in [0, 0.1) is 0 Å². The Kier molecular flexibility index (Phi) is 5.28. The van der Waals surface area contributed by atoms with E-state index in [4.69, 9.17) is 0 Å². The minimum absolute atomic E-state index is 0.0548. The summed E-state index contributed by atoms with van der Waals surface area (Å²) < 4.78 is 37.3. The molecule has 2 aliphatic heterocycles. The van der Waals surface area contributed by atoms with Crippen molar-refractivity contribution in [2.24, 2.45) is 0 Å². The average Bonchev–Trinajstić information content (AvgIpc) is 2.98. The molecule has 2 fully saturated rings. The molecule has 0 aromatic rings. The number of hydrogen-bond donors (Lipinski definition) is 2. The van der Waals surface area contributed by atoms with Crippen LogP contribution in [0.3, 0.4) is 0 Å². The lowest BCUT2D eigenvalue weighted by Gasteiger charge is -2.32. The smallest absolute Gasteiger partial charge is 0.395 e. The molecular weight excluding hydrogens is 273 g/mol. The van der Waals surface area contributed by atoms with E-state index in [1.54, 1.807) is 4.90 Å². The largest absolute Gasteiger partial charge is 0.415 e. The Morgan fingerprint density at radius 1 is 1.05 bits per heavy atom.